The second kappa shape index (κ2) is 10.5. The first-order valence-electron chi connectivity index (χ1n) is 9.63. The van der Waals surface area contributed by atoms with Crippen molar-refractivity contribution in [1.82, 2.24) is 4.90 Å². The lowest BCUT2D eigenvalue weighted by Crippen LogP contribution is -2.28. The average Bonchev–Trinajstić information content (AvgIpc) is 2.62. The Bertz CT molecular complexity index is 503. The number of rotatable bonds is 10. The van der Waals surface area contributed by atoms with Gasteiger partial charge in [0.2, 0.25) is 0 Å². The van der Waals surface area contributed by atoms with Crippen molar-refractivity contribution in [1.29, 1.82) is 0 Å². The smallest absolute Gasteiger partial charge is 0.338 e. The van der Waals surface area contributed by atoms with Gasteiger partial charge in [-0.25, -0.2) is 4.79 Å². The van der Waals surface area contributed by atoms with Crippen LogP contribution in [0, 0.1) is 0 Å². The average molecular weight is 334 g/mol. The van der Waals surface area contributed by atoms with E-state index in [2.05, 4.69) is 52.5 Å². The van der Waals surface area contributed by atoms with E-state index in [1.54, 1.807) is 0 Å². The first-order chi connectivity index (χ1) is 11.6. The molecule has 1 rings (SSSR count). The van der Waals surface area contributed by atoms with E-state index in [1.807, 2.05) is 0 Å². The number of likely N-dealkylation sites (N-methyl/N-ethyl adjacent to an activating group) is 1. The number of nitrogens with zero attached hydrogens (tertiary/aromatic N) is 1. The van der Waals surface area contributed by atoms with Gasteiger partial charge < -0.3 is 9.64 Å². The van der Waals surface area contributed by atoms with E-state index in [9.17, 15) is 4.79 Å². The number of aryl methyl sites for hydroxylation is 2. The van der Waals surface area contributed by atoms with E-state index in [4.69, 9.17) is 4.74 Å². The molecule has 0 spiro atoms. The Morgan fingerprint density at radius 2 is 1.38 bits per heavy atom. The van der Waals surface area contributed by atoms with Crippen molar-refractivity contribution in [3.05, 3.63) is 33.9 Å². The van der Waals surface area contributed by atoms with Crippen molar-refractivity contribution >= 4 is 5.97 Å². The molecule has 0 aliphatic rings. The molecule has 0 amide bonds. The third kappa shape index (κ3) is 4.83. The van der Waals surface area contributed by atoms with Crippen molar-refractivity contribution in [2.24, 2.45) is 0 Å². The Kier molecular flexibility index (Phi) is 9.05. The zero-order valence-electron chi connectivity index (χ0n) is 16.5. The van der Waals surface area contributed by atoms with Crippen molar-refractivity contribution < 1.29 is 9.53 Å². The van der Waals surface area contributed by atoms with Gasteiger partial charge in [-0.3, -0.25) is 0 Å². The summed E-state index contributed by atoms with van der Waals surface area (Å²) in [5.74, 6) is -0.138. The highest BCUT2D eigenvalue weighted by Gasteiger charge is 2.21. The molecule has 3 nitrogen and oxygen atoms in total. The van der Waals surface area contributed by atoms with E-state index in [0.717, 1.165) is 50.9 Å². The number of ether oxygens (including phenoxy) is 1. The van der Waals surface area contributed by atoms with Crippen LogP contribution in [-0.4, -0.2) is 37.1 Å². The fraction of sp³-hybridized carbons (Fsp3) is 0.667. The minimum absolute atomic E-state index is 0.138. The zero-order valence-corrected chi connectivity index (χ0v) is 16.5. The molecule has 0 unspecified atom stereocenters. The van der Waals surface area contributed by atoms with Crippen molar-refractivity contribution in [2.75, 3.05) is 26.2 Å². The Balaban J connectivity index is 3.12. The molecule has 0 atom stereocenters. The molecule has 136 valence electrons. The molecule has 0 aliphatic heterocycles. The third-order valence-electron chi connectivity index (χ3n) is 4.94. The van der Waals surface area contributed by atoms with Crippen molar-refractivity contribution in [3.8, 4) is 0 Å². The molecular weight excluding hydrogens is 298 g/mol. The minimum atomic E-state index is -0.138. The summed E-state index contributed by atoms with van der Waals surface area (Å²) < 4.78 is 5.67. The van der Waals surface area contributed by atoms with E-state index < -0.39 is 0 Å². The number of carbonyl (C=O) groups is 1. The van der Waals surface area contributed by atoms with Gasteiger partial charge in [0.1, 0.15) is 6.61 Å². The molecule has 24 heavy (non-hydrogen) atoms. The summed E-state index contributed by atoms with van der Waals surface area (Å²) in [4.78, 5) is 15.1. The van der Waals surface area contributed by atoms with E-state index >= 15 is 0 Å². The normalized spacial score (nSPS) is 11.1. The largest absolute Gasteiger partial charge is 0.461 e. The zero-order chi connectivity index (χ0) is 18.1. The highest BCUT2D eigenvalue weighted by Crippen LogP contribution is 2.27. The molecule has 0 aromatic heterocycles. The quantitative estimate of drug-likeness (QED) is 0.593. The molecular formula is C21H35NO2. The Morgan fingerprint density at radius 3 is 1.75 bits per heavy atom. The monoisotopic (exact) mass is 333 g/mol. The summed E-state index contributed by atoms with van der Waals surface area (Å²) >= 11 is 0. The summed E-state index contributed by atoms with van der Waals surface area (Å²) in [6.07, 6.45) is 3.67. The summed E-state index contributed by atoms with van der Waals surface area (Å²) in [6.45, 7) is 16.1. The van der Waals surface area contributed by atoms with E-state index in [1.165, 1.54) is 22.3 Å². The molecule has 0 fully saturated rings. The number of hydrogen-bond donors (Lipinski definition) is 0. The third-order valence-corrected chi connectivity index (χ3v) is 4.94. The van der Waals surface area contributed by atoms with Crippen LogP contribution < -0.4 is 0 Å². The van der Waals surface area contributed by atoms with Crippen LogP contribution in [0.15, 0.2) is 6.07 Å². The maximum absolute atomic E-state index is 12.9. The van der Waals surface area contributed by atoms with Gasteiger partial charge in [0.25, 0.3) is 0 Å². The summed E-state index contributed by atoms with van der Waals surface area (Å²) in [5.41, 5.74) is 5.79. The van der Waals surface area contributed by atoms with E-state index in [-0.39, 0.29) is 5.97 Å². The van der Waals surface area contributed by atoms with Gasteiger partial charge in [0, 0.05) is 6.54 Å². The number of hydrogen-bond acceptors (Lipinski definition) is 3. The lowest BCUT2D eigenvalue weighted by molar-refractivity contribution is 0.0463. The molecule has 1 aromatic rings. The Hall–Kier alpha value is -1.35. The Labute approximate surface area is 148 Å². The molecule has 0 aliphatic carbocycles. The molecule has 0 heterocycles. The van der Waals surface area contributed by atoms with Crippen LogP contribution in [0.5, 0.6) is 0 Å². The minimum Gasteiger partial charge on any atom is -0.461 e. The van der Waals surface area contributed by atoms with Crippen LogP contribution in [0.25, 0.3) is 0 Å². The van der Waals surface area contributed by atoms with Crippen molar-refractivity contribution in [3.63, 3.8) is 0 Å². The van der Waals surface area contributed by atoms with Crippen molar-refractivity contribution in [2.45, 2.75) is 67.2 Å². The van der Waals surface area contributed by atoms with Gasteiger partial charge in [-0.2, -0.15) is 0 Å². The summed E-state index contributed by atoms with van der Waals surface area (Å²) in [5, 5.41) is 0. The van der Waals surface area contributed by atoms with Crippen LogP contribution in [0.1, 0.15) is 74.2 Å². The molecule has 0 saturated heterocycles. The van der Waals surface area contributed by atoms with Crippen LogP contribution in [-0.2, 0) is 30.4 Å². The van der Waals surface area contributed by atoms with Crippen LogP contribution in [0.2, 0.25) is 0 Å². The SMILES string of the molecule is CCc1cc(CC)c(CC)c(C(=O)OCCN(CC)CC)c1CC. The predicted molar refractivity (Wildman–Crippen MR) is 102 cm³/mol. The Morgan fingerprint density at radius 1 is 0.875 bits per heavy atom. The molecule has 3 heteroatoms. The van der Waals surface area contributed by atoms with Gasteiger partial charge in [0.05, 0.1) is 5.56 Å². The fourth-order valence-electron chi connectivity index (χ4n) is 3.45. The van der Waals surface area contributed by atoms with Gasteiger partial charge in [-0.1, -0.05) is 47.6 Å². The van der Waals surface area contributed by atoms with E-state index in [0.29, 0.717) is 6.61 Å². The van der Waals surface area contributed by atoms with Gasteiger partial charge in [0.15, 0.2) is 0 Å². The number of benzene rings is 1. The topological polar surface area (TPSA) is 29.5 Å². The molecule has 0 radical (unpaired) electrons. The standard InChI is InChI=1S/C21H35NO2/c1-7-16-15-17(8-2)19(10-4)20(18(16)9-3)21(23)24-14-13-22(11-5)12-6/h15H,7-14H2,1-6H3. The molecule has 0 saturated carbocycles. The van der Waals surface area contributed by atoms with Crippen LogP contribution in [0.4, 0.5) is 0 Å². The van der Waals surface area contributed by atoms with Crippen LogP contribution >= 0.6 is 0 Å². The first-order valence-corrected chi connectivity index (χ1v) is 9.63. The lowest BCUT2D eigenvalue weighted by atomic mass is 9.87. The van der Waals surface area contributed by atoms with Gasteiger partial charge >= 0.3 is 5.97 Å². The lowest BCUT2D eigenvalue weighted by Gasteiger charge is -2.21. The second-order valence-electron chi connectivity index (χ2n) is 6.10. The highest BCUT2D eigenvalue weighted by atomic mass is 16.5. The highest BCUT2D eigenvalue weighted by molar-refractivity contribution is 5.93. The molecule has 1 aromatic carbocycles. The predicted octanol–water partition coefficient (Wildman–Crippen LogP) is 4.43. The summed E-state index contributed by atoms with van der Waals surface area (Å²) in [7, 11) is 0. The molecule has 0 bridgehead atoms. The van der Waals surface area contributed by atoms with Gasteiger partial charge in [-0.15, -0.1) is 0 Å². The maximum atomic E-state index is 12.9. The van der Waals surface area contributed by atoms with Gasteiger partial charge in [-0.05, 0) is 61.0 Å². The number of esters is 1. The summed E-state index contributed by atoms with van der Waals surface area (Å²) in [6, 6.07) is 2.30. The second-order valence-corrected chi connectivity index (χ2v) is 6.10. The maximum Gasteiger partial charge on any atom is 0.338 e. The fourth-order valence-corrected chi connectivity index (χ4v) is 3.45. The molecule has 0 N–H and O–H groups in total. The number of carbonyl (C=O) groups excluding carboxylic acids is 1. The van der Waals surface area contributed by atoms with Crippen LogP contribution in [0.3, 0.4) is 0 Å². The first kappa shape index (κ1) is 20.7.